The molecular formula is C38H69N4O4+. The summed E-state index contributed by atoms with van der Waals surface area (Å²) in [5, 5.41) is 0. The Bertz CT molecular complexity index is 898. The van der Waals surface area contributed by atoms with Crippen LogP contribution in [-0.2, 0) is 27.3 Å². The van der Waals surface area contributed by atoms with Gasteiger partial charge in [0.2, 0.25) is 12.2 Å². The van der Waals surface area contributed by atoms with Crippen molar-refractivity contribution in [1.29, 1.82) is 0 Å². The number of hydrogen-bond acceptors (Lipinski definition) is 6. The minimum atomic E-state index is -0.219. The zero-order chi connectivity index (χ0) is 32.6. The van der Waals surface area contributed by atoms with Gasteiger partial charge in [0.1, 0.15) is 31.4 Å². The Morgan fingerprint density at radius 1 is 0.652 bits per heavy atom. The number of hydrogen-bond donors (Lipinski definition) is 0. The standard InChI is InChI=1S/C38H69N4O4/c1-3-5-7-9-10-11-12-13-14-15-16-17-18-19-20-22-29-44-33-37(46-38-23-24-39-35-40-38)34-45-32-31-43-30-28-42-27-26-41(36-42)25-21-8-6-4-2/h23-24,26-27,35-37H,3-22,25,28-34H2,1-2H3/q+1. The molecular weight excluding hydrogens is 576 g/mol. The Morgan fingerprint density at radius 3 is 1.83 bits per heavy atom. The van der Waals surface area contributed by atoms with Crippen LogP contribution in [0.3, 0.4) is 0 Å². The van der Waals surface area contributed by atoms with Crippen molar-refractivity contribution in [3.05, 3.63) is 37.3 Å². The maximum absolute atomic E-state index is 6.03. The predicted octanol–water partition coefficient (Wildman–Crippen LogP) is 8.90. The van der Waals surface area contributed by atoms with Crippen LogP contribution in [0.1, 0.15) is 142 Å². The first kappa shape index (κ1) is 40.1. The Kier molecular flexibility index (Phi) is 26.5. The lowest BCUT2D eigenvalue weighted by Crippen LogP contribution is -2.31. The van der Waals surface area contributed by atoms with E-state index in [0.717, 1.165) is 26.1 Å². The number of unbranched alkanes of at least 4 members (excludes halogenated alkanes) is 18. The van der Waals surface area contributed by atoms with Crippen molar-refractivity contribution in [3.63, 3.8) is 0 Å². The Morgan fingerprint density at radius 2 is 1.22 bits per heavy atom. The topological polar surface area (TPSA) is 71.5 Å². The fourth-order valence-corrected chi connectivity index (χ4v) is 5.63. The number of nitrogens with zero attached hydrogens (tertiary/aromatic N) is 4. The molecule has 264 valence electrons. The second-order valence-corrected chi connectivity index (χ2v) is 12.8. The number of aromatic nitrogens is 4. The number of ether oxygens (including phenoxy) is 4. The first-order valence-corrected chi connectivity index (χ1v) is 19.0. The van der Waals surface area contributed by atoms with Crippen LogP contribution in [-0.4, -0.2) is 60.3 Å². The molecule has 2 aromatic rings. The van der Waals surface area contributed by atoms with Crippen molar-refractivity contribution in [3.8, 4) is 5.88 Å². The molecule has 0 bridgehead atoms. The average Bonchev–Trinajstić information content (AvgIpc) is 3.53. The van der Waals surface area contributed by atoms with Gasteiger partial charge in [-0.1, -0.05) is 123 Å². The lowest BCUT2D eigenvalue weighted by Gasteiger charge is -2.18. The van der Waals surface area contributed by atoms with E-state index in [2.05, 4.69) is 51.7 Å². The van der Waals surface area contributed by atoms with Crippen molar-refractivity contribution in [2.75, 3.05) is 39.6 Å². The summed E-state index contributed by atoms with van der Waals surface area (Å²) in [4.78, 5) is 8.18. The largest absolute Gasteiger partial charge is 0.469 e. The zero-order valence-electron chi connectivity index (χ0n) is 29.8. The van der Waals surface area contributed by atoms with E-state index in [9.17, 15) is 0 Å². The van der Waals surface area contributed by atoms with Crippen LogP contribution in [0.5, 0.6) is 5.88 Å². The number of imidazole rings is 1. The summed E-state index contributed by atoms with van der Waals surface area (Å²) in [5.41, 5.74) is 0. The molecule has 1 unspecified atom stereocenters. The van der Waals surface area contributed by atoms with Gasteiger partial charge >= 0.3 is 0 Å². The van der Waals surface area contributed by atoms with Gasteiger partial charge in [-0.15, -0.1) is 0 Å². The van der Waals surface area contributed by atoms with Gasteiger partial charge in [0, 0.05) is 18.9 Å². The van der Waals surface area contributed by atoms with Crippen LogP contribution in [0, 0.1) is 0 Å². The number of rotatable bonds is 34. The van der Waals surface area contributed by atoms with Crippen LogP contribution in [0.2, 0.25) is 0 Å². The Hall–Kier alpha value is -2.03. The van der Waals surface area contributed by atoms with Crippen LogP contribution in [0.4, 0.5) is 0 Å². The lowest BCUT2D eigenvalue weighted by atomic mass is 10.0. The summed E-state index contributed by atoms with van der Waals surface area (Å²) in [6, 6.07) is 1.77. The highest BCUT2D eigenvalue weighted by molar-refractivity contribution is 5.05. The SMILES string of the molecule is CCCCCCCCCCCCCCCCCCOCC(COCCOCCn1cc[n+](CCCCCC)c1)Oc1ccncn1. The Labute approximate surface area is 282 Å². The summed E-state index contributed by atoms with van der Waals surface area (Å²) in [5.74, 6) is 0.542. The minimum absolute atomic E-state index is 0.219. The van der Waals surface area contributed by atoms with Gasteiger partial charge in [-0.25, -0.2) is 19.1 Å². The molecule has 0 N–H and O–H groups in total. The van der Waals surface area contributed by atoms with Gasteiger partial charge in [-0.05, 0) is 19.3 Å². The maximum atomic E-state index is 6.03. The summed E-state index contributed by atoms with van der Waals surface area (Å²) >= 11 is 0. The van der Waals surface area contributed by atoms with E-state index >= 15 is 0 Å². The van der Waals surface area contributed by atoms with Gasteiger partial charge in [0.05, 0.1) is 39.6 Å². The van der Waals surface area contributed by atoms with Crippen molar-refractivity contribution in [1.82, 2.24) is 14.5 Å². The summed E-state index contributed by atoms with van der Waals surface area (Å²) in [7, 11) is 0. The highest BCUT2D eigenvalue weighted by Crippen LogP contribution is 2.14. The average molecular weight is 646 g/mol. The van der Waals surface area contributed by atoms with Crippen molar-refractivity contribution < 1.29 is 23.5 Å². The molecule has 0 radical (unpaired) electrons. The fourth-order valence-electron chi connectivity index (χ4n) is 5.63. The number of aryl methyl sites for hydroxylation is 1. The molecule has 0 fully saturated rings. The molecule has 2 rings (SSSR count). The predicted molar refractivity (Wildman–Crippen MR) is 187 cm³/mol. The molecule has 8 heteroatoms. The summed E-state index contributed by atoms with van der Waals surface area (Å²) in [6.45, 7) is 9.87. The quantitative estimate of drug-likeness (QED) is 0.0559. The lowest BCUT2D eigenvalue weighted by molar-refractivity contribution is -0.696. The molecule has 0 aromatic carbocycles. The van der Waals surface area contributed by atoms with Gasteiger partial charge in [0.15, 0.2) is 0 Å². The van der Waals surface area contributed by atoms with E-state index in [-0.39, 0.29) is 6.10 Å². The third-order valence-corrected chi connectivity index (χ3v) is 8.47. The third kappa shape index (κ3) is 23.3. The van der Waals surface area contributed by atoms with E-state index in [0.29, 0.717) is 38.9 Å². The van der Waals surface area contributed by atoms with Crippen LogP contribution in [0.25, 0.3) is 0 Å². The molecule has 2 heterocycles. The Balaban J connectivity index is 1.45. The van der Waals surface area contributed by atoms with E-state index in [1.54, 1.807) is 12.3 Å². The molecule has 0 saturated carbocycles. The van der Waals surface area contributed by atoms with Crippen LogP contribution >= 0.6 is 0 Å². The normalized spacial score (nSPS) is 12.1. The molecule has 2 aromatic heterocycles. The van der Waals surface area contributed by atoms with Gasteiger partial charge in [-0.3, -0.25) is 0 Å². The van der Waals surface area contributed by atoms with Gasteiger partial charge in [-0.2, -0.15) is 0 Å². The minimum Gasteiger partial charge on any atom is -0.469 e. The van der Waals surface area contributed by atoms with Crippen molar-refractivity contribution in [2.24, 2.45) is 0 Å². The van der Waals surface area contributed by atoms with Gasteiger partial charge in [0.25, 0.3) is 0 Å². The van der Waals surface area contributed by atoms with E-state index in [4.69, 9.17) is 18.9 Å². The second kappa shape index (κ2) is 30.3. The highest BCUT2D eigenvalue weighted by atomic mass is 16.6. The molecule has 0 aliphatic carbocycles. The molecule has 1 atom stereocenters. The fraction of sp³-hybridized carbons (Fsp3) is 0.816. The summed E-state index contributed by atoms with van der Waals surface area (Å²) < 4.78 is 28.2. The van der Waals surface area contributed by atoms with E-state index in [1.165, 1.54) is 128 Å². The first-order valence-electron chi connectivity index (χ1n) is 19.0. The second-order valence-electron chi connectivity index (χ2n) is 12.8. The van der Waals surface area contributed by atoms with Gasteiger partial charge < -0.3 is 18.9 Å². The van der Waals surface area contributed by atoms with E-state index in [1.807, 2.05) is 0 Å². The first-order chi connectivity index (χ1) is 22.8. The van der Waals surface area contributed by atoms with Crippen molar-refractivity contribution >= 4 is 0 Å². The van der Waals surface area contributed by atoms with Crippen LogP contribution in [0.15, 0.2) is 37.3 Å². The molecule has 0 aliphatic heterocycles. The highest BCUT2D eigenvalue weighted by Gasteiger charge is 2.13. The molecule has 0 spiro atoms. The monoisotopic (exact) mass is 646 g/mol. The maximum Gasteiger partial charge on any atom is 0.243 e. The van der Waals surface area contributed by atoms with Crippen LogP contribution < -0.4 is 9.30 Å². The van der Waals surface area contributed by atoms with Crippen molar-refractivity contribution in [2.45, 2.75) is 161 Å². The molecule has 0 amide bonds. The zero-order valence-corrected chi connectivity index (χ0v) is 29.8. The molecule has 0 aliphatic rings. The molecule has 46 heavy (non-hydrogen) atoms. The molecule has 0 saturated heterocycles. The van der Waals surface area contributed by atoms with E-state index < -0.39 is 0 Å². The summed E-state index contributed by atoms with van der Waals surface area (Å²) in [6.07, 6.45) is 36.5. The molecule has 8 nitrogen and oxygen atoms in total. The smallest absolute Gasteiger partial charge is 0.243 e. The third-order valence-electron chi connectivity index (χ3n) is 8.47.